The Labute approximate surface area is 83.5 Å². The van der Waals surface area contributed by atoms with Crippen molar-refractivity contribution < 1.29 is 0 Å². The lowest BCUT2D eigenvalue weighted by molar-refractivity contribution is 0.806. The first kappa shape index (κ1) is 8.94. The lowest BCUT2D eigenvalue weighted by Crippen LogP contribution is -2.11. The van der Waals surface area contributed by atoms with Crippen LogP contribution in [-0.4, -0.2) is 11.4 Å². The van der Waals surface area contributed by atoms with Crippen LogP contribution in [0.3, 0.4) is 0 Å². The second kappa shape index (κ2) is 4.05. The molecule has 71 valence electrons. The van der Waals surface area contributed by atoms with Crippen LogP contribution in [-0.2, 0) is 0 Å². The number of hydrogen-bond acceptors (Lipinski definition) is 2. The average molecular weight is 186 g/mol. The molecule has 0 spiro atoms. The highest BCUT2D eigenvalue weighted by atomic mass is 15.5. The molecule has 1 aliphatic heterocycles. The molecule has 0 amide bonds. The van der Waals surface area contributed by atoms with Gasteiger partial charge in [0, 0.05) is 5.56 Å². The zero-order valence-electron chi connectivity index (χ0n) is 8.14. The first-order valence-corrected chi connectivity index (χ1v) is 4.82. The van der Waals surface area contributed by atoms with Crippen molar-refractivity contribution in [1.29, 1.82) is 0 Å². The lowest BCUT2D eigenvalue weighted by atomic mass is 10.0. The zero-order valence-corrected chi connectivity index (χ0v) is 8.14. The van der Waals surface area contributed by atoms with Crippen molar-refractivity contribution >= 4 is 11.4 Å². The average Bonchev–Trinajstić information content (AvgIpc) is 2.68. The molecule has 1 heterocycles. The molecule has 2 rings (SSSR count). The fraction of sp³-hybridized carbons (Fsp3) is 0.273. The molecule has 14 heavy (non-hydrogen) atoms. The molecule has 0 bridgehead atoms. The van der Waals surface area contributed by atoms with Gasteiger partial charge in [0.25, 0.3) is 0 Å². The van der Waals surface area contributed by atoms with Gasteiger partial charge in [0.15, 0.2) is 0 Å². The molecule has 1 aromatic carbocycles. The largest absolute Gasteiger partial charge is 0.133 e. The van der Waals surface area contributed by atoms with E-state index >= 15 is 0 Å². The van der Waals surface area contributed by atoms with Crippen LogP contribution in [0.2, 0.25) is 0 Å². The van der Waals surface area contributed by atoms with Gasteiger partial charge in [-0.25, -0.2) is 0 Å². The van der Waals surface area contributed by atoms with E-state index in [4.69, 9.17) is 0 Å². The summed E-state index contributed by atoms with van der Waals surface area (Å²) in [7, 11) is 0. The first-order chi connectivity index (χ1) is 6.92. The van der Waals surface area contributed by atoms with Crippen molar-refractivity contribution in [3.8, 4) is 0 Å². The van der Waals surface area contributed by atoms with Crippen LogP contribution in [0.1, 0.15) is 25.3 Å². The summed E-state index contributed by atoms with van der Waals surface area (Å²) >= 11 is 0. The maximum atomic E-state index is 4.04. The highest BCUT2D eigenvalue weighted by Gasteiger charge is 2.15. The van der Waals surface area contributed by atoms with Gasteiger partial charge in [-0.15, -0.1) is 10.2 Å². The Morgan fingerprint density at radius 3 is 2.57 bits per heavy atom. The third-order valence-electron chi connectivity index (χ3n) is 2.12. The lowest BCUT2D eigenvalue weighted by Gasteiger charge is -2.01. The summed E-state index contributed by atoms with van der Waals surface area (Å²) in [6.45, 7) is 2.13. The fourth-order valence-corrected chi connectivity index (χ4v) is 1.45. The van der Waals surface area contributed by atoms with Gasteiger partial charge in [0.1, 0.15) is 5.71 Å². The molecule has 1 radical (unpaired) electrons. The summed E-state index contributed by atoms with van der Waals surface area (Å²) in [4.78, 5) is 0. The van der Waals surface area contributed by atoms with Crippen LogP contribution in [0, 0.1) is 0 Å². The highest BCUT2D eigenvalue weighted by molar-refractivity contribution is 6.48. The maximum absolute atomic E-state index is 4.04. The van der Waals surface area contributed by atoms with E-state index in [0.717, 1.165) is 29.8 Å². The summed E-state index contributed by atoms with van der Waals surface area (Å²) in [5, 5.41) is 8.07. The molecule has 3 heteroatoms. The van der Waals surface area contributed by atoms with Gasteiger partial charge in [-0.1, -0.05) is 43.7 Å². The van der Waals surface area contributed by atoms with E-state index in [1.165, 1.54) is 0 Å². The van der Waals surface area contributed by atoms with Gasteiger partial charge in [-0.05, 0) is 12.0 Å². The van der Waals surface area contributed by atoms with Gasteiger partial charge in [0.2, 0.25) is 0 Å². The van der Waals surface area contributed by atoms with Crippen molar-refractivity contribution in [3.05, 3.63) is 35.9 Å². The Bertz CT molecular complexity index is 365. The van der Waals surface area contributed by atoms with Crippen molar-refractivity contribution in [3.63, 3.8) is 0 Å². The standard InChI is InChI=1S/C11H12N3/c1-2-6-10-11(13-14-12-10)9-7-4-3-5-8-9/h3-5,7-8H,2,6H2,1H3. The van der Waals surface area contributed by atoms with Gasteiger partial charge >= 0.3 is 0 Å². The Hall–Kier alpha value is -1.64. The molecule has 0 unspecified atom stereocenters. The van der Waals surface area contributed by atoms with Gasteiger partial charge in [-0.2, -0.15) is 0 Å². The van der Waals surface area contributed by atoms with Crippen molar-refractivity contribution in [1.82, 2.24) is 5.53 Å². The quantitative estimate of drug-likeness (QED) is 0.694. The zero-order chi connectivity index (χ0) is 9.80. The Morgan fingerprint density at radius 1 is 1.07 bits per heavy atom. The summed E-state index contributed by atoms with van der Waals surface area (Å²) in [6, 6.07) is 10.1. The summed E-state index contributed by atoms with van der Waals surface area (Å²) in [6.07, 6.45) is 2.01. The van der Waals surface area contributed by atoms with E-state index in [2.05, 4.69) is 22.7 Å². The maximum Gasteiger partial charge on any atom is 0.118 e. The van der Waals surface area contributed by atoms with Gasteiger partial charge < -0.3 is 0 Å². The SMILES string of the molecule is CCCC1=N[N]N=C1c1ccccc1. The minimum atomic E-state index is 0.924. The van der Waals surface area contributed by atoms with Crippen molar-refractivity contribution in [2.24, 2.45) is 10.2 Å². The predicted octanol–water partition coefficient (Wildman–Crippen LogP) is 2.16. The van der Waals surface area contributed by atoms with E-state index in [1.54, 1.807) is 0 Å². The second-order valence-electron chi connectivity index (χ2n) is 3.20. The number of nitrogens with zero attached hydrogens (tertiary/aromatic N) is 3. The minimum Gasteiger partial charge on any atom is -0.133 e. The van der Waals surface area contributed by atoms with E-state index in [9.17, 15) is 0 Å². The van der Waals surface area contributed by atoms with Crippen LogP contribution in [0.5, 0.6) is 0 Å². The third kappa shape index (κ3) is 1.66. The summed E-state index contributed by atoms with van der Waals surface area (Å²) < 4.78 is 0. The van der Waals surface area contributed by atoms with Crippen LogP contribution in [0.25, 0.3) is 0 Å². The van der Waals surface area contributed by atoms with E-state index < -0.39 is 0 Å². The molecule has 0 N–H and O–H groups in total. The Morgan fingerprint density at radius 2 is 1.86 bits per heavy atom. The number of benzene rings is 1. The smallest absolute Gasteiger partial charge is 0.118 e. The topological polar surface area (TPSA) is 38.8 Å². The molecule has 0 saturated carbocycles. The van der Waals surface area contributed by atoms with E-state index in [0.29, 0.717) is 0 Å². The molecule has 0 aromatic heterocycles. The van der Waals surface area contributed by atoms with Crippen LogP contribution in [0.4, 0.5) is 0 Å². The van der Waals surface area contributed by atoms with Crippen molar-refractivity contribution in [2.45, 2.75) is 19.8 Å². The normalized spacial score (nSPS) is 14.6. The van der Waals surface area contributed by atoms with Crippen LogP contribution >= 0.6 is 0 Å². The molecule has 0 atom stereocenters. The number of hydrogen-bond donors (Lipinski definition) is 0. The minimum absolute atomic E-state index is 0.924. The van der Waals surface area contributed by atoms with Gasteiger partial charge in [-0.3, -0.25) is 0 Å². The molecular weight excluding hydrogens is 174 g/mol. The van der Waals surface area contributed by atoms with Crippen LogP contribution < -0.4 is 5.53 Å². The van der Waals surface area contributed by atoms with E-state index in [-0.39, 0.29) is 0 Å². The van der Waals surface area contributed by atoms with E-state index in [1.807, 2.05) is 30.3 Å². The highest BCUT2D eigenvalue weighted by Crippen LogP contribution is 2.09. The monoisotopic (exact) mass is 186 g/mol. The second-order valence-corrected chi connectivity index (χ2v) is 3.20. The molecule has 3 nitrogen and oxygen atoms in total. The fourth-order valence-electron chi connectivity index (χ4n) is 1.45. The first-order valence-electron chi connectivity index (χ1n) is 4.82. The molecule has 0 saturated heterocycles. The number of rotatable bonds is 3. The Kier molecular flexibility index (Phi) is 2.58. The third-order valence-corrected chi connectivity index (χ3v) is 2.12. The van der Waals surface area contributed by atoms with Crippen LogP contribution in [0.15, 0.2) is 40.5 Å². The molecule has 1 aromatic rings. The molecular formula is C11H12N3. The Balaban J connectivity index is 2.24. The molecule has 1 aliphatic rings. The van der Waals surface area contributed by atoms with Crippen molar-refractivity contribution in [2.75, 3.05) is 0 Å². The predicted molar refractivity (Wildman–Crippen MR) is 57.5 cm³/mol. The molecule has 0 fully saturated rings. The molecule has 0 aliphatic carbocycles. The summed E-state index contributed by atoms with van der Waals surface area (Å²) in [5.41, 5.74) is 6.74. The van der Waals surface area contributed by atoms with Gasteiger partial charge in [0.05, 0.1) is 5.71 Å². The summed E-state index contributed by atoms with van der Waals surface area (Å²) in [5.74, 6) is 0.